The lowest BCUT2D eigenvalue weighted by molar-refractivity contribution is -0.124. The molecule has 0 bridgehead atoms. The molecule has 1 fully saturated rings. The second kappa shape index (κ2) is 4.57. The summed E-state index contributed by atoms with van der Waals surface area (Å²) >= 11 is 0. The first-order valence-corrected chi connectivity index (χ1v) is 5.76. The zero-order chi connectivity index (χ0) is 12.4. The molecule has 2 rings (SSSR count). The van der Waals surface area contributed by atoms with Crippen LogP contribution < -0.4 is 10.6 Å². The van der Waals surface area contributed by atoms with Crippen LogP contribution in [0.2, 0.25) is 0 Å². The summed E-state index contributed by atoms with van der Waals surface area (Å²) < 4.78 is 0. The Hall–Kier alpha value is -1.84. The van der Waals surface area contributed by atoms with Gasteiger partial charge < -0.3 is 5.32 Å². The van der Waals surface area contributed by atoms with Crippen LogP contribution in [-0.2, 0) is 9.59 Å². The third kappa shape index (κ3) is 2.64. The number of benzene rings is 1. The van der Waals surface area contributed by atoms with E-state index in [1.54, 1.807) is 0 Å². The highest BCUT2D eigenvalue weighted by Crippen LogP contribution is 2.18. The third-order valence-electron chi connectivity index (χ3n) is 2.89. The summed E-state index contributed by atoms with van der Waals surface area (Å²) in [4.78, 5) is 22.4. The van der Waals surface area contributed by atoms with Gasteiger partial charge in [-0.25, -0.2) is 0 Å². The minimum Gasteiger partial charge on any atom is -0.373 e. The monoisotopic (exact) mass is 232 g/mol. The SMILES string of the molecule is CC(C)c1ccc(NC2CC(=O)NC2=O)cc1. The maximum atomic E-state index is 11.4. The Labute approximate surface area is 100 Å². The Kier molecular flexibility index (Phi) is 3.13. The average Bonchev–Trinajstić information content (AvgIpc) is 2.58. The number of rotatable bonds is 3. The molecule has 1 aromatic rings. The van der Waals surface area contributed by atoms with E-state index < -0.39 is 6.04 Å². The summed E-state index contributed by atoms with van der Waals surface area (Å²) in [5.74, 6) is 0.0228. The highest BCUT2D eigenvalue weighted by molar-refractivity contribution is 6.06. The Morgan fingerprint density at radius 1 is 1.24 bits per heavy atom. The molecule has 0 saturated carbocycles. The highest BCUT2D eigenvalue weighted by atomic mass is 16.2. The van der Waals surface area contributed by atoms with Crippen molar-refractivity contribution >= 4 is 17.5 Å². The first-order valence-electron chi connectivity index (χ1n) is 5.76. The van der Waals surface area contributed by atoms with E-state index in [4.69, 9.17) is 0 Å². The Bertz CT molecular complexity index is 437. The lowest BCUT2D eigenvalue weighted by atomic mass is 10.0. The fourth-order valence-electron chi connectivity index (χ4n) is 1.84. The molecular weight excluding hydrogens is 216 g/mol. The average molecular weight is 232 g/mol. The number of carbonyl (C=O) groups excluding carboxylic acids is 2. The molecule has 1 atom stereocenters. The molecule has 0 spiro atoms. The number of hydrogen-bond acceptors (Lipinski definition) is 3. The van der Waals surface area contributed by atoms with Gasteiger partial charge >= 0.3 is 0 Å². The molecule has 90 valence electrons. The lowest BCUT2D eigenvalue weighted by Crippen LogP contribution is -2.29. The van der Waals surface area contributed by atoms with Gasteiger partial charge in [-0.3, -0.25) is 14.9 Å². The van der Waals surface area contributed by atoms with Crippen LogP contribution in [0.25, 0.3) is 0 Å². The van der Waals surface area contributed by atoms with Crippen molar-refractivity contribution in [3.05, 3.63) is 29.8 Å². The van der Waals surface area contributed by atoms with Crippen molar-refractivity contribution in [3.8, 4) is 0 Å². The summed E-state index contributed by atoms with van der Waals surface area (Å²) in [7, 11) is 0. The topological polar surface area (TPSA) is 58.2 Å². The zero-order valence-corrected chi connectivity index (χ0v) is 9.99. The van der Waals surface area contributed by atoms with Crippen LogP contribution in [0.1, 0.15) is 31.7 Å². The molecule has 1 heterocycles. The summed E-state index contributed by atoms with van der Waals surface area (Å²) in [5.41, 5.74) is 2.12. The smallest absolute Gasteiger partial charge is 0.249 e. The van der Waals surface area contributed by atoms with Crippen molar-refractivity contribution in [3.63, 3.8) is 0 Å². The molecule has 0 radical (unpaired) electrons. The molecule has 0 aliphatic carbocycles. The van der Waals surface area contributed by atoms with E-state index in [9.17, 15) is 9.59 Å². The molecule has 1 aliphatic rings. The van der Waals surface area contributed by atoms with Gasteiger partial charge in [0.15, 0.2) is 0 Å². The van der Waals surface area contributed by atoms with E-state index in [1.807, 2.05) is 24.3 Å². The van der Waals surface area contributed by atoms with Gasteiger partial charge in [0.25, 0.3) is 0 Å². The molecule has 1 aromatic carbocycles. The number of imide groups is 1. The minimum absolute atomic E-state index is 0.213. The van der Waals surface area contributed by atoms with Crippen LogP contribution in [0.4, 0.5) is 5.69 Å². The predicted octanol–water partition coefficient (Wildman–Crippen LogP) is 1.64. The standard InChI is InChI=1S/C13H16N2O2/c1-8(2)9-3-5-10(6-4-9)14-11-7-12(16)15-13(11)17/h3-6,8,11,14H,7H2,1-2H3,(H,15,16,17). The number of amides is 2. The van der Waals surface area contributed by atoms with E-state index >= 15 is 0 Å². The number of nitrogens with one attached hydrogen (secondary N) is 2. The third-order valence-corrected chi connectivity index (χ3v) is 2.89. The van der Waals surface area contributed by atoms with Crippen LogP contribution in [-0.4, -0.2) is 17.9 Å². The van der Waals surface area contributed by atoms with E-state index in [1.165, 1.54) is 5.56 Å². The first kappa shape index (κ1) is 11.6. The van der Waals surface area contributed by atoms with Gasteiger partial charge in [-0.15, -0.1) is 0 Å². The quantitative estimate of drug-likeness (QED) is 0.779. The number of anilines is 1. The van der Waals surface area contributed by atoms with E-state index in [2.05, 4.69) is 24.5 Å². The van der Waals surface area contributed by atoms with Gasteiger partial charge in [0, 0.05) is 5.69 Å². The van der Waals surface area contributed by atoms with Crippen LogP contribution in [0, 0.1) is 0 Å². The molecule has 2 N–H and O–H groups in total. The molecule has 4 nitrogen and oxygen atoms in total. The van der Waals surface area contributed by atoms with Gasteiger partial charge in [-0.05, 0) is 23.6 Å². The molecular formula is C13H16N2O2. The first-order chi connectivity index (χ1) is 8.06. The second-order valence-electron chi connectivity index (χ2n) is 4.59. The van der Waals surface area contributed by atoms with Gasteiger partial charge in [0.2, 0.25) is 11.8 Å². The largest absolute Gasteiger partial charge is 0.373 e. The molecule has 4 heteroatoms. The normalized spacial score (nSPS) is 19.6. The highest BCUT2D eigenvalue weighted by Gasteiger charge is 2.30. The fourth-order valence-corrected chi connectivity index (χ4v) is 1.84. The number of carbonyl (C=O) groups is 2. The van der Waals surface area contributed by atoms with Gasteiger partial charge in [-0.1, -0.05) is 26.0 Å². The van der Waals surface area contributed by atoms with Gasteiger partial charge in [0.05, 0.1) is 6.42 Å². The maximum absolute atomic E-state index is 11.4. The summed E-state index contributed by atoms with van der Waals surface area (Å²) in [6.07, 6.45) is 0.213. The fraction of sp³-hybridized carbons (Fsp3) is 0.385. The van der Waals surface area contributed by atoms with Crippen LogP contribution in [0.15, 0.2) is 24.3 Å². The lowest BCUT2D eigenvalue weighted by Gasteiger charge is -2.12. The van der Waals surface area contributed by atoms with E-state index in [-0.39, 0.29) is 18.2 Å². The molecule has 2 amide bonds. The zero-order valence-electron chi connectivity index (χ0n) is 9.99. The van der Waals surface area contributed by atoms with Crippen LogP contribution in [0.5, 0.6) is 0 Å². The van der Waals surface area contributed by atoms with Crippen molar-refractivity contribution in [2.24, 2.45) is 0 Å². The van der Waals surface area contributed by atoms with E-state index in [0.717, 1.165) is 5.69 Å². The summed E-state index contributed by atoms with van der Waals surface area (Å²) in [5, 5.41) is 5.33. The Balaban J connectivity index is 2.04. The summed E-state index contributed by atoms with van der Waals surface area (Å²) in [6.45, 7) is 4.26. The maximum Gasteiger partial charge on any atom is 0.249 e. The molecule has 0 aromatic heterocycles. The molecule has 1 saturated heterocycles. The Morgan fingerprint density at radius 2 is 1.88 bits per heavy atom. The molecule has 17 heavy (non-hydrogen) atoms. The van der Waals surface area contributed by atoms with Gasteiger partial charge in [0.1, 0.15) is 6.04 Å². The second-order valence-corrected chi connectivity index (χ2v) is 4.59. The van der Waals surface area contributed by atoms with E-state index in [0.29, 0.717) is 5.92 Å². The molecule has 1 unspecified atom stereocenters. The van der Waals surface area contributed by atoms with Crippen molar-refractivity contribution in [1.29, 1.82) is 0 Å². The van der Waals surface area contributed by atoms with Gasteiger partial charge in [-0.2, -0.15) is 0 Å². The minimum atomic E-state index is -0.438. The van der Waals surface area contributed by atoms with Crippen molar-refractivity contribution < 1.29 is 9.59 Å². The van der Waals surface area contributed by atoms with Crippen molar-refractivity contribution in [1.82, 2.24) is 5.32 Å². The van der Waals surface area contributed by atoms with Crippen LogP contribution >= 0.6 is 0 Å². The number of hydrogen-bond donors (Lipinski definition) is 2. The Morgan fingerprint density at radius 3 is 2.35 bits per heavy atom. The molecule has 1 aliphatic heterocycles. The van der Waals surface area contributed by atoms with Crippen molar-refractivity contribution in [2.45, 2.75) is 32.2 Å². The predicted molar refractivity (Wildman–Crippen MR) is 65.7 cm³/mol. The van der Waals surface area contributed by atoms with Crippen molar-refractivity contribution in [2.75, 3.05) is 5.32 Å². The van der Waals surface area contributed by atoms with Crippen LogP contribution in [0.3, 0.4) is 0 Å². The summed E-state index contributed by atoms with van der Waals surface area (Å²) in [6, 6.07) is 7.49.